The molecule has 2 heterocycles. The average Bonchev–Trinajstić information content (AvgIpc) is 3.45. The fraction of sp³-hybridized carbons (Fsp3) is 0.500. The standard InChI is InChI=1S/C24H33N5O4S/c1-15-6-8-17(9-7-15)34(31,32)29-11-10-18(21(29)25)22(26-5)27-19-12-16-13-20(19)28(14-16)23(30)33-24(2,3)4/h6-11,16,19-20H,12-14,25H2,1-5H3,(H,26,27). The van der Waals surface area contributed by atoms with Gasteiger partial charge in [0.1, 0.15) is 17.3 Å². The zero-order valence-corrected chi connectivity index (χ0v) is 21.1. The number of nitrogens with zero attached hydrogens (tertiary/aromatic N) is 3. The molecule has 1 amide bonds. The van der Waals surface area contributed by atoms with E-state index in [1.807, 2.05) is 27.7 Å². The zero-order valence-electron chi connectivity index (χ0n) is 20.3. The van der Waals surface area contributed by atoms with Gasteiger partial charge < -0.3 is 20.7 Å². The van der Waals surface area contributed by atoms with E-state index in [1.54, 1.807) is 42.3 Å². The summed E-state index contributed by atoms with van der Waals surface area (Å²) in [5.74, 6) is 0.967. The molecule has 4 rings (SSSR count). The van der Waals surface area contributed by atoms with Crippen molar-refractivity contribution >= 4 is 27.8 Å². The number of nitrogens with two attached hydrogens (primary N) is 1. The average molecular weight is 488 g/mol. The Morgan fingerprint density at radius 2 is 1.85 bits per heavy atom. The third-order valence-electron chi connectivity index (χ3n) is 6.38. The first-order valence-electron chi connectivity index (χ1n) is 11.4. The fourth-order valence-corrected chi connectivity index (χ4v) is 6.10. The van der Waals surface area contributed by atoms with Crippen molar-refractivity contribution in [2.24, 2.45) is 10.9 Å². The topological polar surface area (TPSA) is 119 Å². The second-order valence-electron chi connectivity index (χ2n) is 10.1. The number of anilines is 1. The Morgan fingerprint density at radius 1 is 1.18 bits per heavy atom. The summed E-state index contributed by atoms with van der Waals surface area (Å²) in [6, 6.07) is 8.24. The van der Waals surface area contributed by atoms with Gasteiger partial charge in [-0.15, -0.1) is 0 Å². The summed E-state index contributed by atoms with van der Waals surface area (Å²) >= 11 is 0. The van der Waals surface area contributed by atoms with Crippen molar-refractivity contribution in [1.82, 2.24) is 14.2 Å². The first-order chi connectivity index (χ1) is 15.9. The van der Waals surface area contributed by atoms with Gasteiger partial charge in [0.05, 0.1) is 16.5 Å². The lowest BCUT2D eigenvalue weighted by Crippen LogP contribution is -2.53. The normalized spacial score (nSPS) is 22.8. The van der Waals surface area contributed by atoms with Crippen LogP contribution in [0.15, 0.2) is 46.4 Å². The molecule has 1 saturated carbocycles. The lowest BCUT2D eigenvalue weighted by atomic mass is 10.1. The fourth-order valence-electron chi connectivity index (χ4n) is 4.81. The monoisotopic (exact) mass is 487 g/mol. The molecule has 3 unspecified atom stereocenters. The van der Waals surface area contributed by atoms with Crippen molar-refractivity contribution in [1.29, 1.82) is 0 Å². The molecule has 2 fully saturated rings. The third kappa shape index (κ3) is 4.51. The molecule has 2 aliphatic rings. The Labute approximate surface area is 201 Å². The molecule has 0 spiro atoms. The second-order valence-corrected chi connectivity index (χ2v) is 11.9. The number of rotatable bonds is 4. The number of aliphatic imine (C=N–C) groups is 1. The number of hydrogen-bond acceptors (Lipinski definition) is 6. The van der Waals surface area contributed by atoms with Crippen LogP contribution in [0.3, 0.4) is 0 Å². The third-order valence-corrected chi connectivity index (χ3v) is 8.08. The molecule has 2 bridgehead atoms. The minimum Gasteiger partial charge on any atom is -0.444 e. The van der Waals surface area contributed by atoms with Gasteiger partial charge in [0.25, 0.3) is 10.0 Å². The number of piperidine rings is 1. The summed E-state index contributed by atoms with van der Waals surface area (Å²) < 4.78 is 32.9. The lowest BCUT2D eigenvalue weighted by Gasteiger charge is -2.35. The predicted molar refractivity (Wildman–Crippen MR) is 131 cm³/mol. The number of carbonyl (C=O) groups is 1. The number of aromatic nitrogens is 1. The molecule has 1 aliphatic carbocycles. The number of benzene rings is 1. The summed E-state index contributed by atoms with van der Waals surface area (Å²) in [6.07, 6.45) is 2.93. The number of amidine groups is 1. The van der Waals surface area contributed by atoms with E-state index in [4.69, 9.17) is 10.5 Å². The van der Waals surface area contributed by atoms with E-state index in [1.165, 1.54) is 6.20 Å². The van der Waals surface area contributed by atoms with Crippen molar-refractivity contribution in [2.75, 3.05) is 19.3 Å². The lowest BCUT2D eigenvalue weighted by molar-refractivity contribution is 0.0165. The molecular weight excluding hydrogens is 454 g/mol. The Balaban J connectivity index is 1.54. The van der Waals surface area contributed by atoms with E-state index in [0.717, 1.165) is 22.4 Å². The Bertz CT molecular complexity index is 1210. The van der Waals surface area contributed by atoms with Crippen LogP contribution in [0.25, 0.3) is 0 Å². The largest absolute Gasteiger partial charge is 0.444 e. The first-order valence-corrected chi connectivity index (χ1v) is 12.9. The van der Waals surface area contributed by atoms with E-state index < -0.39 is 15.6 Å². The van der Waals surface area contributed by atoms with Crippen LogP contribution >= 0.6 is 0 Å². The maximum absolute atomic E-state index is 13.1. The number of nitrogens with one attached hydrogen (secondary N) is 1. The van der Waals surface area contributed by atoms with Crippen LogP contribution in [0.5, 0.6) is 0 Å². The maximum Gasteiger partial charge on any atom is 0.410 e. The molecule has 0 radical (unpaired) electrons. The summed E-state index contributed by atoms with van der Waals surface area (Å²) in [6.45, 7) is 8.15. The molecule has 2 aromatic rings. The molecule has 1 aromatic heterocycles. The van der Waals surface area contributed by atoms with Crippen LogP contribution in [0.2, 0.25) is 0 Å². The van der Waals surface area contributed by atoms with Crippen LogP contribution in [0.4, 0.5) is 10.6 Å². The number of nitrogen functional groups attached to an aromatic ring is 1. The molecule has 184 valence electrons. The van der Waals surface area contributed by atoms with Gasteiger partial charge >= 0.3 is 6.09 Å². The van der Waals surface area contributed by atoms with Gasteiger partial charge in [-0.1, -0.05) is 17.7 Å². The van der Waals surface area contributed by atoms with Crippen molar-refractivity contribution < 1.29 is 17.9 Å². The highest BCUT2D eigenvalue weighted by Gasteiger charge is 2.48. The number of carbonyl (C=O) groups excluding carboxylic acids is 1. The molecule has 3 atom stereocenters. The minimum absolute atomic E-state index is 0.0174. The highest BCUT2D eigenvalue weighted by Crippen LogP contribution is 2.39. The van der Waals surface area contributed by atoms with Crippen LogP contribution in [0.1, 0.15) is 44.7 Å². The molecule has 3 N–H and O–H groups in total. The quantitative estimate of drug-likeness (QED) is 0.506. The van der Waals surface area contributed by atoms with Crippen molar-refractivity contribution in [3.8, 4) is 0 Å². The van der Waals surface area contributed by atoms with E-state index in [2.05, 4.69) is 10.3 Å². The van der Waals surface area contributed by atoms with Crippen LogP contribution in [-0.4, -0.2) is 60.5 Å². The van der Waals surface area contributed by atoms with Gasteiger partial charge in [-0.25, -0.2) is 17.2 Å². The van der Waals surface area contributed by atoms with Crippen molar-refractivity contribution in [3.63, 3.8) is 0 Å². The molecule has 34 heavy (non-hydrogen) atoms. The SMILES string of the molecule is CN=C(NC1CC2CC1N(C(=O)OC(C)(C)C)C2)c1ccn(S(=O)(=O)c2ccc(C)cc2)c1N. The van der Waals surface area contributed by atoms with Gasteiger partial charge in [-0.05, 0) is 64.7 Å². The minimum atomic E-state index is -3.84. The van der Waals surface area contributed by atoms with Crippen molar-refractivity contribution in [2.45, 2.75) is 63.1 Å². The van der Waals surface area contributed by atoms with Crippen LogP contribution in [-0.2, 0) is 14.8 Å². The number of hydrogen-bond donors (Lipinski definition) is 2. The van der Waals surface area contributed by atoms with E-state index in [9.17, 15) is 13.2 Å². The van der Waals surface area contributed by atoms with E-state index in [0.29, 0.717) is 23.9 Å². The van der Waals surface area contributed by atoms with E-state index >= 15 is 0 Å². The molecule has 1 aromatic carbocycles. The van der Waals surface area contributed by atoms with Gasteiger partial charge in [0, 0.05) is 25.8 Å². The molecular formula is C24H33N5O4S. The van der Waals surface area contributed by atoms with Gasteiger partial charge in [0.2, 0.25) is 0 Å². The smallest absolute Gasteiger partial charge is 0.410 e. The summed E-state index contributed by atoms with van der Waals surface area (Å²) in [7, 11) is -2.21. The second kappa shape index (κ2) is 8.65. The number of ether oxygens (including phenoxy) is 1. The maximum atomic E-state index is 13.1. The van der Waals surface area contributed by atoms with Crippen LogP contribution < -0.4 is 11.1 Å². The Kier molecular flexibility index (Phi) is 6.14. The number of fused-ring (bicyclic) bond motifs is 2. The summed E-state index contributed by atoms with van der Waals surface area (Å²) in [5.41, 5.74) is 7.22. The van der Waals surface area contributed by atoms with Gasteiger partial charge in [-0.3, -0.25) is 4.99 Å². The highest BCUT2D eigenvalue weighted by atomic mass is 32.2. The summed E-state index contributed by atoms with van der Waals surface area (Å²) in [5, 5.41) is 3.43. The molecule has 1 aliphatic heterocycles. The van der Waals surface area contributed by atoms with Gasteiger partial charge in [0.15, 0.2) is 0 Å². The Hall–Kier alpha value is -3.01. The number of likely N-dealkylation sites (tertiary alicyclic amines) is 1. The van der Waals surface area contributed by atoms with Crippen molar-refractivity contribution in [3.05, 3.63) is 47.7 Å². The van der Waals surface area contributed by atoms with Gasteiger partial charge in [-0.2, -0.15) is 0 Å². The molecule has 10 heteroatoms. The Morgan fingerprint density at radius 3 is 2.44 bits per heavy atom. The molecule has 1 saturated heterocycles. The number of amides is 1. The molecule has 9 nitrogen and oxygen atoms in total. The van der Waals surface area contributed by atoms with Crippen LogP contribution in [0, 0.1) is 12.8 Å². The number of aryl methyl sites for hydroxylation is 1. The highest BCUT2D eigenvalue weighted by molar-refractivity contribution is 7.90. The zero-order chi connectivity index (χ0) is 24.8. The van der Waals surface area contributed by atoms with E-state index in [-0.39, 0.29) is 28.9 Å². The summed E-state index contributed by atoms with van der Waals surface area (Å²) in [4.78, 5) is 19.0. The predicted octanol–water partition coefficient (Wildman–Crippen LogP) is 2.98. The first kappa shape index (κ1) is 24.1.